The molecule has 0 aliphatic rings. The van der Waals surface area contributed by atoms with E-state index in [-0.39, 0.29) is 5.41 Å². The van der Waals surface area contributed by atoms with Gasteiger partial charge in [0, 0.05) is 6.54 Å². The van der Waals surface area contributed by atoms with Crippen molar-refractivity contribution in [2.24, 2.45) is 0 Å². The molecule has 0 bridgehead atoms. The molecule has 1 nitrogen and oxygen atoms in total. The molecule has 0 atom stereocenters. The van der Waals surface area contributed by atoms with Crippen LogP contribution in [-0.2, 0) is 12.0 Å². The van der Waals surface area contributed by atoms with Crippen LogP contribution < -0.4 is 5.32 Å². The lowest BCUT2D eigenvalue weighted by Crippen LogP contribution is -2.20. The molecule has 0 aromatic heterocycles. The van der Waals surface area contributed by atoms with Gasteiger partial charge in [0.25, 0.3) is 0 Å². The average molecular weight is 191 g/mol. The van der Waals surface area contributed by atoms with Crippen molar-refractivity contribution in [3.8, 4) is 0 Å². The highest BCUT2D eigenvalue weighted by Gasteiger charge is 2.20. The molecule has 78 valence electrons. The van der Waals surface area contributed by atoms with Gasteiger partial charge in [0.2, 0.25) is 0 Å². The fraction of sp³-hybridized carbons (Fsp3) is 0.538. The molecular formula is C13H21N. The summed E-state index contributed by atoms with van der Waals surface area (Å²) in [4.78, 5) is 0. The zero-order valence-electron chi connectivity index (χ0n) is 9.72. The molecule has 0 heterocycles. The lowest BCUT2D eigenvalue weighted by atomic mass is 9.79. The zero-order valence-corrected chi connectivity index (χ0v) is 9.72. The second-order valence-corrected chi connectivity index (χ2v) is 4.42. The van der Waals surface area contributed by atoms with Gasteiger partial charge in [-0.1, -0.05) is 45.0 Å². The second-order valence-electron chi connectivity index (χ2n) is 4.42. The molecule has 0 unspecified atom stereocenters. The second kappa shape index (κ2) is 4.61. The van der Waals surface area contributed by atoms with Crippen LogP contribution in [0.5, 0.6) is 0 Å². The average Bonchev–Trinajstić information content (AvgIpc) is 2.19. The largest absolute Gasteiger partial charge is 0.316 e. The summed E-state index contributed by atoms with van der Waals surface area (Å²) in [5, 5.41) is 3.22. The first-order valence-electron chi connectivity index (χ1n) is 5.35. The molecule has 0 radical (unpaired) electrons. The molecule has 0 spiro atoms. The van der Waals surface area contributed by atoms with Crippen molar-refractivity contribution in [2.75, 3.05) is 7.05 Å². The Balaban J connectivity index is 3.06. The third kappa shape index (κ3) is 2.36. The van der Waals surface area contributed by atoms with Gasteiger partial charge in [-0.3, -0.25) is 0 Å². The Morgan fingerprint density at radius 1 is 1.21 bits per heavy atom. The molecule has 1 aromatic carbocycles. The Kier molecular flexibility index (Phi) is 3.70. The molecule has 0 aliphatic carbocycles. The van der Waals surface area contributed by atoms with Crippen molar-refractivity contribution >= 4 is 0 Å². The predicted molar refractivity (Wildman–Crippen MR) is 62.5 cm³/mol. The van der Waals surface area contributed by atoms with Gasteiger partial charge in [0.05, 0.1) is 0 Å². The summed E-state index contributed by atoms with van der Waals surface area (Å²) >= 11 is 0. The Morgan fingerprint density at radius 2 is 1.86 bits per heavy atom. The highest BCUT2D eigenvalue weighted by molar-refractivity contribution is 5.33. The van der Waals surface area contributed by atoms with Crippen LogP contribution in [0.1, 0.15) is 38.3 Å². The molecule has 1 heteroatoms. The summed E-state index contributed by atoms with van der Waals surface area (Å²) in [5.74, 6) is 0. The number of benzene rings is 1. The molecule has 1 rings (SSSR count). The minimum atomic E-state index is 0.285. The Labute approximate surface area is 87.5 Å². The van der Waals surface area contributed by atoms with Crippen LogP contribution in [0.2, 0.25) is 0 Å². The van der Waals surface area contributed by atoms with Crippen LogP contribution in [0.3, 0.4) is 0 Å². The van der Waals surface area contributed by atoms with Crippen LogP contribution in [0.4, 0.5) is 0 Å². The molecule has 0 saturated carbocycles. The van der Waals surface area contributed by atoms with E-state index in [1.807, 2.05) is 7.05 Å². The first-order chi connectivity index (χ1) is 6.61. The summed E-state index contributed by atoms with van der Waals surface area (Å²) in [7, 11) is 2.00. The van der Waals surface area contributed by atoms with Gasteiger partial charge in [0.15, 0.2) is 0 Å². The molecule has 0 aliphatic heterocycles. The van der Waals surface area contributed by atoms with E-state index in [0.29, 0.717) is 0 Å². The van der Waals surface area contributed by atoms with Gasteiger partial charge < -0.3 is 5.32 Å². The van der Waals surface area contributed by atoms with Crippen LogP contribution in [0.15, 0.2) is 24.3 Å². The SMILES string of the molecule is CCC(C)(C)c1ccccc1CNC. The van der Waals surface area contributed by atoms with Gasteiger partial charge in [0.1, 0.15) is 0 Å². The predicted octanol–water partition coefficient (Wildman–Crippen LogP) is 3.09. The van der Waals surface area contributed by atoms with E-state index in [0.717, 1.165) is 6.54 Å². The molecular weight excluding hydrogens is 170 g/mol. The number of rotatable bonds is 4. The minimum absolute atomic E-state index is 0.285. The maximum Gasteiger partial charge on any atom is 0.0205 e. The zero-order chi connectivity index (χ0) is 10.6. The fourth-order valence-corrected chi connectivity index (χ4v) is 1.72. The van der Waals surface area contributed by atoms with Crippen molar-refractivity contribution in [3.05, 3.63) is 35.4 Å². The van der Waals surface area contributed by atoms with E-state index >= 15 is 0 Å². The van der Waals surface area contributed by atoms with Crippen LogP contribution in [-0.4, -0.2) is 7.05 Å². The monoisotopic (exact) mass is 191 g/mol. The van der Waals surface area contributed by atoms with E-state index in [9.17, 15) is 0 Å². The van der Waals surface area contributed by atoms with E-state index in [1.165, 1.54) is 17.5 Å². The highest BCUT2D eigenvalue weighted by atomic mass is 14.8. The third-order valence-corrected chi connectivity index (χ3v) is 3.00. The third-order valence-electron chi connectivity index (χ3n) is 3.00. The first kappa shape index (κ1) is 11.3. The number of hydrogen-bond acceptors (Lipinski definition) is 1. The van der Waals surface area contributed by atoms with Crippen LogP contribution >= 0.6 is 0 Å². The van der Waals surface area contributed by atoms with Crippen molar-refractivity contribution in [1.29, 1.82) is 0 Å². The number of nitrogens with one attached hydrogen (secondary N) is 1. The highest BCUT2D eigenvalue weighted by Crippen LogP contribution is 2.29. The lowest BCUT2D eigenvalue weighted by molar-refractivity contribution is 0.499. The van der Waals surface area contributed by atoms with Crippen LogP contribution in [0, 0.1) is 0 Å². The van der Waals surface area contributed by atoms with Gasteiger partial charge in [-0.05, 0) is 30.0 Å². The van der Waals surface area contributed by atoms with E-state index in [4.69, 9.17) is 0 Å². The van der Waals surface area contributed by atoms with E-state index in [1.54, 1.807) is 0 Å². The maximum atomic E-state index is 3.22. The molecule has 1 N–H and O–H groups in total. The normalized spacial score (nSPS) is 11.7. The lowest BCUT2D eigenvalue weighted by Gasteiger charge is -2.26. The summed E-state index contributed by atoms with van der Waals surface area (Å²) in [6.45, 7) is 7.82. The smallest absolute Gasteiger partial charge is 0.0205 e. The van der Waals surface area contributed by atoms with Crippen LogP contribution in [0.25, 0.3) is 0 Å². The molecule has 14 heavy (non-hydrogen) atoms. The van der Waals surface area contributed by atoms with Crippen molar-refractivity contribution in [3.63, 3.8) is 0 Å². The summed E-state index contributed by atoms with van der Waals surface area (Å²) in [5.41, 5.74) is 3.17. The number of hydrogen-bond donors (Lipinski definition) is 1. The topological polar surface area (TPSA) is 12.0 Å². The van der Waals surface area contributed by atoms with Gasteiger partial charge in [-0.2, -0.15) is 0 Å². The summed E-state index contributed by atoms with van der Waals surface area (Å²) < 4.78 is 0. The van der Waals surface area contributed by atoms with Crippen molar-refractivity contribution in [2.45, 2.75) is 39.2 Å². The Bertz CT molecular complexity index is 289. The molecule has 0 amide bonds. The standard InChI is InChI=1S/C13H21N/c1-5-13(2,3)12-9-7-6-8-11(12)10-14-4/h6-9,14H,5,10H2,1-4H3. The quantitative estimate of drug-likeness (QED) is 0.771. The minimum Gasteiger partial charge on any atom is -0.316 e. The van der Waals surface area contributed by atoms with E-state index in [2.05, 4.69) is 50.4 Å². The van der Waals surface area contributed by atoms with Crippen molar-refractivity contribution < 1.29 is 0 Å². The summed E-state index contributed by atoms with van der Waals surface area (Å²) in [6, 6.07) is 8.70. The molecule has 0 saturated heterocycles. The Hall–Kier alpha value is -0.820. The van der Waals surface area contributed by atoms with Crippen molar-refractivity contribution in [1.82, 2.24) is 5.32 Å². The first-order valence-corrected chi connectivity index (χ1v) is 5.35. The maximum absolute atomic E-state index is 3.22. The van der Waals surface area contributed by atoms with Gasteiger partial charge in [-0.15, -0.1) is 0 Å². The Morgan fingerprint density at radius 3 is 2.43 bits per heavy atom. The summed E-state index contributed by atoms with van der Waals surface area (Å²) in [6.07, 6.45) is 1.17. The molecule has 0 fully saturated rings. The van der Waals surface area contributed by atoms with Gasteiger partial charge >= 0.3 is 0 Å². The van der Waals surface area contributed by atoms with Gasteiger partial charge in [-0.25, -0.2) is 0 Å². The van der Waals surface area contributed by atoms with E-state index < -0.39 is 0 Å². The molecule has 1 aromatic rings. The fourth-order valence-electron chi connectivity index (χ4n) is 1.72.